The summed E-state index contributed by atoms with van der Waals surface area (Å²) in [5.41, 5.74) is 1.77. The van der Waals surface area contributed by atoms with E-state index in [9.17, 15) is 9.59 Å². The van der Waals surface area contributed by atoms with Crippen molar-refractivity contribution in [3.05, 3.63) is 53.9 Å². The van der Waals surface area contributed by atoms with Gasteiger partial charge in [0.15, 0.2) is 0 Å². The summed E-state index contributed by atoms with van der Waals surface area (Å²) in [5, 5.41) is 4.08. The summed E-state index contributed by atoms with van der Waals surface area (Å²) in [6.07, 6.45) is 3.89. The third-order valence-electron chi connectivity index (χ3n) is 5.28. The van der Waals surface area contributed by atoms with Crippen molar-refractivity contribution in [1.82, 2.24) is 19.6 Å². The summed E-state index contributed by atoms with van der Waals surface area (Å²) in [5.74, 6) is 0.854. The summed E-state index contributed by atoms with van der Waals surface area (Å²) >= 11 is 0. The van der Waals surface area contributed by atoms with E-state index in [1.807, 2.05) is 40.1 Å². The molecule has 130 valence electrons. The Kier molecular flexibility index (Phi) is 4.03. The highest BCUT2D eigenvalue weighted by molar-refractivity contribution is 5.94. The van der Waals surface area contributed by atoms with Gasteiger partial charge in [0.05, 0.1) is 11.8 Å². The molecule has 2 atom stereocenters. The Labute approximate surface area is 147 Å². The van der Waals surface area contributed by atoms with Gasteiger partial charge in [0.1, 0.15) is 0 Å². The minimum absolute atomic E-state index is 0.0181. The van der Waals surface area contributed by atoms with Crippen LogP contribution in [-0.4, -0.2) is 51.0 Å². The highest BCUT2D eigenvalue weighted by atomic mass is 16.2. The second-order valence-electron chi connectivity index (χ2n) is 7.10. The normalized spacial score (nSPS) is 23.0. The monoisotopic (exact) mass is 338 g/mol. The number of aryl methyl sites for hydroxylation is 1. The minimum atomic E-state index is 0.0181. The molecule has 0 bridgehead atoms. The lowest BCUT2D eigenvalue weighted by atomic mass is 9.88. The fourth-order valence-corrected chi connectivity index (χ4v) is 3.95. The van der Waals surface area contributed by atoms with E-state index >= 15 is 0 Å². The molecule has 6 heteroatoms. The molecule has 0 radical (unpaired) electrons. The van der Waals surface area contributed by atoms with E-state index < -0.39 is 0 Å². The number of fused-ring (bicyclic) bond motifs is 1. The van der Waals surface area contributed by atoms with Crippen LogP contribution in [0.25, 0.3) is 0 Å². The molecule has 2 aliphatic rings. The Bertz CT molecular complexity index is 786. The SMILES string of the molecule is Cn1cc(C(=O)N2C[C@H]3CN(Cc4ccccc4)C(=O)C[C@H]3C2)cn1. The topological polar surface area (TPSA) is 58.4 Å². The van der Waals surface area contributed by atoms with Crippen molar-refractivity contribution >= 4 is 11.8 Å². The first kappa shape index (κ1) is 15.9. The standard InChI is InChI=1S/C19H22N4O2/c1-21-10-16(8-20-21)19(25)23-11-15-7-18(24)22(12-17(15)13-23)9-14-5-3-2-4-6-14/h2-6,8,10,15,17H,7,9,11-13H2,1H3/t15-,17+/m0/s1. The zero-order valence-corrected chi connectivity index (χ0v) is 14.3. The number of amides is 2. The van der Waals surface area contributed by atoms with Crippen molar-refractivity contribution < 1.29 is 9.59 Å². The van der Waals surface area contributed by atoms with Crippen molar-refractivity contribution in [2.75, 3.05) is 19.6 Å². The number of piperidine rings is 1. The van der Waals surface area contributed by atoms with Gasteiger partial charge in [0.25, 0.3) is 5.91 Å². The van der Waals surface area contributed by atoms with Crippen LogP contribution in [0.3, 0.4) is 0 Å². The summed E-state index contributed by atoms with van der Waals surface area (Å²) in [7, 11) is 1.81. The van der Waals surface area contributed by atoms with Crippen molar-refractivity contribution in [3.8, 4) is 0 Å². The van der Waals surface area contributed by atoms with Gasteiger partial charge in [-0.2, -0.15) is 5.10 Å². The zero-order valence-electron chi connectivity index (χ0n) is 14.3. The van der Waals surface area contributed by atoms with Gasteiger partial charge in [-0.25, -0.2) is 0 Å². The van der Waals surface area contributed by atoms with E-state index in [0.29, 0.717) is 31.0 Å². The lowest BCUT2D eigenvalue weighted by molar-refractivity contribution is -0.136. The van der Waals surface area contributed by atoms with Crippen molar-refractivity contribution in [3.63, 3.8) is 0 Å². The predicted octanol–water partition coefficient (Wildman–Crippen LogP) is 1.54. The molecule has 2 saturated heterocycles. The van der Waals surface area contributed by atoms with Crippen LogP contribution in [-0.2, 0) is 18.4 Å². The molecule has 1 aromatic heterocycles. The zero-order chi connectivity index (χ0) is 17.4. The van der Waals surface area contributed by atoms with Gasteiger partial charge in [-0.15, -0.1) is 0 Å². The number of carbonyl (C=O) groups is 2. The molecule has 25 heavy (non-hydrogen) atoms. The van der Waals surface area contributed by atoms with Gasteiger partial charge < -0.3 is 9.80 Å². The van der Waals surface area contributed by atoms with Crippen LogP contribution >= 0.6 is 0 Å². The first-order valence-corrected chi connectivity index (χ1v) is 8.70. The van der Waals surface area contributed by atoms with Crippen LogP contribution in [0.1, 0.15) is 22.3 Å². The predicted molar refractivity (Wildman–Crippen MR) is 92.6 cm³/mol. The molecule has 2 aromatic rings. The van der Waals surface area contributed by atoms with Gasteiger partial charge >= 0.3 is 0 Å². The van der Waals surface area contributed by atoms with Gasteiger partial charge in [0.2, 0.25) is 5.91 Å². The molecule has 0 N–H and O–H groups in total. The number of hydrogen-bond acceptors (Lipinski definition) is 3. The van der Waals surface area contributed by atoms with Gasteiger partial charge in [-0.1, -0.05) is 30.3 Å². The summed E-state index contributed by atoms with van der Waals surface area (Å²) in [6, 6.07) is 10.1. The molecule has 0 aliphatic carbocycles. The molecule has 2 aliphatic heterocycles. The van der Waals surface area contributed by atoms with E-state index in [1.165, 1.54) is 0 Å². The summed E-state index contributed by atoms with van der Waals surface area (Å²) < 4.78 is 1.64. The lowest BCUT2D eigenvalue weighted by Crippen LogP contribution is -2.43. The van der Waals surface area contributed by atoms with Crippen LogP contribution in [0, 0.1) is 11.8 Å². The van der Waals surface area contributed by atoms with E-state index in [2.05, 4.69) is 5.10 Å². The Hall–Kier alpha value is -2.63. The number of hydrogen-bond donors (Lipinski definition) is 0. The first-order chi connectivity index (χ1) is 12.1. The van der Waals surface area contributed by atoms with Crippen molar-refractivity contribution in [2.24, 2.45) is 18.9 Å². The largest absolute Gasteiger partial charge is 0.338 e. The summed E-state index contributed by atoms with van der Waals surface area (Å²) in [4.78, 5) is 29.0. The van der Waals surface area contributed by atoms with E-state index in [1.54, 1.807) is 24.1 Å². The number of rotatable bonds is 3. The Balaban J connectivity index is 1.43. The van der Waals surface area contributed by atoms with E-state index in [4.69, 9.17) is 0 Å². The number of likely N-dealkylation sites (tertiary alicyclic amines) is 2. The molecular weight excluding hydrogens is 316 g/mol. The van der Waals surface area contributed by atoms with Gasteiger partial charge in [-0.05, 0) is 17.4 Å². The van der Waals surface area contributed by atoms with E-state index in [-0.39, 0.29) is 17.7 Å². The van der Waals surface area contributed by atoms with Crippen LogP contribution in [0.2, 0.25) is 0 Å². The molecule has 2 amide bonds. The highest BCUT2D eigenvalue weighted by Gasteiger charge is 2.42. The summed E-state index contributed by atoms with van der Waals surface area (Å²) in [6.45, 7) is 2.77. The van der Waals surface area contributed by atoms with Gasteiger partial charge in [0, 0.05) is 45.8 Å². The second-order valence-corrected chi connectivity index (χ2v) is 7.10. The van der Waals surface area contributed by atoms with Crippen molar-refractivity contribution in [1.29, 1.82) is 0 Å². The van der Waals surface area contributed by atoms with Gasteiger partial charge in [-0.3, -0.25) is 14.3 Å². The maximum Gasteiger partial charge on any atom is 0.257 e. The number of carbonyl (C=O) groups excluding carboxylic acids is 2. The Morgan fingerprint density at radius 3 is 2.64 bits per heavy atom. The smallest absolute Gasteiger partial charge is 0.257 e. The second kappa shape index (κ2) is 6.35. The van der Waals surface area contributed by atoms with E-state index in [0.717, 1.165) is 18.7 Å². The van der Waals surface area contributed by atoms with Crippen LogP contribution in [0.4, 0.5) is 0 Å². The maximum atomic E-state index is 12.6. The highest BCUT2D eigenvalue weighted by Crippen LogP contribution is 2.33. The molecule has 1 aromatic carbocycles. The molecule has 6 nitrogen and oxygen atoms in total. The molecule has 2 fully saturated rings. The third-order valence-corrected chi connectivity index (χ3v) is 5.28. The fourth-order valence-electron chi connectivity index (χ4n) is 3.95. The molecular formula is C19H22N4O2. The van der Waals surface area contributed by atoms with Crippen LogP contribution in [0.5, 0.6) is 0 Å². The van der Waals surface area contributed by atoms with Crippen LogP contribution in [0.15, 0.2) is 42.7 Å². The number of aromatic nitrogens is 2. The average Bonchev–Trinajstić information content (AvgIpc) is 3.21. The fraction of sp³-hybridized carbons (Fsp3) is 0.421. The minimum Gasteiger partial charge on any atom is -0.338 e. The average molecular weight is 338 g/mol. The Morgan fingerprint density at radius 2 is 1.92 bits per heavy atom. The quantitative estimate of drug-likeness (QED) is 0.853. The maximum absolute atomic E-state index is 12.6. The number of nitrogens with zero attached hydrogens (tertiary/aromatic N) is 4. The molecule has 0 spiro atoms. The molecule has 0 unspecified atom stereocenters. The van der Waals surface area contributed by atoms with Crippen molar-refractivity contribution in [2.45, 2.75) is 13.0 Å². The first-order valence-electron chi connectivity index (χ1n) is 8.70. The Morgan fingerprint density at radius 1 is 1.16 bits per heavy atom. The van der Waals surface area contributed by atoms with Crippen LogP contribution < -0.4 is 0 Å². The molecule has 4 rings (SSSR count). The molecule has 0 saturated carbocycles. The number of benzene rings is 1. The lowest BCUT2D eigenvalue weighted by Gasteiger charge is -2.34. The third kappa shape index (κ3) is 3.16. The molecule has 3 heterocycles.